The first kappa shape index (κ1) is 19.7. The van der Waals surface area contributed by atoms with Crippen LogP contribution < -0.4 is 0 Å². The van der Waals surface area contributed by atoms with E-state index in [2.05, 4.69) is 0 Å². The Kier molecular flexibility index (Phi) is 7.24. The van der Waals surface area contributed by atoms with E-state index in [4.69, 9.17) is 14.6 Å². The van der Waals surface area contributed by atoms with Gasteiger partial charge in [-0.1, -0.05) is 30.3 Å². The molecule has 0 aromatic heterocycles. The molecule has 2 rings (SSSR count). The zero-order valence-corrected chi connectivity index (χ0v) is 13.5. The van der Waals surface area contributed by atoms with Gasteiger partial charge in [0.05, 0.1) is 11.5 Å². The quantitative estimate of drug-likeness (QED) is 0.275. The molecule has 0 amide bonds. The molecule has 1 aromatic rings. The summed E-state index contributed by atoms with van der Waals surface area (Å²) >= 11 is 0. The summed E-state index contributed by atoms with van der Waals surface area (Å²) in [5.41, 5.74) is 1.04. The minimum Gasteiger partial charge on any atom is -0.394 e. The third-order valence-electron chi connectivity index (χ3n) is 4.13. The maximum Gasteiger partial charge on any atom is 0.317 e. The fourth-order valence-corrected chi connectivity index (χ4v) is 2.68. The van der Waals surface area contributed by atoms with Crippen molar-refractivity contribution in [1.29, 1.82) is 0 Å². The van der Waals surface area contributed by atoms with Gasteiger partial charge in [0.1, 0.15) is 24.4 Å². The molecule has 0 bridgehead atoms. The van der Waals surface area contributed by atoms with Gasteiger partial charge in [-0.2, -0.15) is 0 Å². The lowest BCUT2D eigenvalue weighted by atomic mass is 9.99. The van der Waals surface area contributed by atoms with Crippen LogP contribution in [0.15, 0.2) is 30.3 Å². The first-order chi connectivity index (χ1) is 11.9. The zero-order valence-electron chi connectivity index (χ0n) is 13.5. The van der Waals surface area contributed by atoms with Crippen molar-refractivity contribution in [3.05, 3.63) is 46.0 Å². The minimum atomic E-state index is -1.66. The Morgan fingerprint density at radius 1 is 1.16 bits per heavy atom. The van der Waals surface area contributed by atoms with Crippen LogP contribution in [0.25, 0.3) is 0 Å². The van der Waals surface area contributed by atoms with Gasteiger partial charge in [-0.3, -0.25) is 14.9 Å². The Hall–Kier alpha value is -1.62. The maximum absolute atomic E-state index is 11.2. The average Bonchev–Trinajstić information content (AvgIpc) is 2.61. The molecule has 1 heterocycles. The van der Waals surface area contributed by atoms with E-state index in [1.165, 1.54) is 0 Å². The number of hydrogen-bond donors (Lipinski definition) is 4. The number of nitrogens with zero attached hydrogens (tertiary/aromatic N) is 1. The van der Waals surface area contributed by atoms with Crippen molar-refractivity contribution in [3.8, 4) is 0 Å². The molecular formula is C16H23NO8. The first-order valence-corrected chi connectivity index (χ1v) is 8.07. The van der Waals surface area contributed by atoms with Crippen molar-refractivity contribution < 1.29 is 34.8 Å². The smallest absolute Gasteiger partial charge is 0.317 e. The predicted octanol–water partition coefficient (Wildman–Crippen LogP) is -0.571. The van der Waals surface area contributed by atoms with Crippen LogP contribution in [0.3, 0.4) is 0 Å². The molecular weight excluding hydrogens is 334 g/mol. The number of aliphatic hydroxyl groups excluding tert-OH is 4. The molecule has 1 aliphatic rings. The van der Waals surface area contributed by atoms with Gasteiger partial charge in [0.25, 0.3) is 0 Å². The van der Waals surface area contributed by atoms with Crippen molar-refractivity contribution >= 4 is 0 Å². The number of hydrogen-bond acceptors (Lipinski definition) is 8. The van der Waals surface area contributed by atoms with Crippen LogP contribution in [-0.2, 0) is 15.9 Å². The number of aliphatic hydroxyl groups is 4. The second kappa shape index (κ2) is 9.18. The number of benzene rings is 1. The third-order valence-corrected chi connectivity index (χ3v) is 4.13. The van der Waals surface area contributed by atoms with E-state index in [1.807, 2.05) is 30.3 Å². The summed E-state index contributed by atoms with van der Waals surface area (Å²) in [7, 11) is 0. The molecule has 140 valence electrons. The fraction of sp³-hybridized carbons (Fsp3) is 0.625. The molecule has 9 heteroatoms. The molecule has 1 aliphatic heterocycles. The summed E-state index contributed by atoms with van der Waals surface area (Å²) in [6.45, 7) is -0.623. The number of ether oxygens (including phenoxy) is 2. The van der Waals surface area contributed by atoms with Crippen LogP contribution in [0.1, 0.15) is 18.4 Å². The van der Waals surface area contributed by atoms with E-state index in [0.29, 0.717) is 12.8 Å². The molecule has 1 unspecified atom stereocenters. The van der Waals surface area contributed by atoms with Crippen molar-refractivity contribution in [3.63, 3.8) is 0 Å². The molecule has 1 fully saturated rings. The summed E-state index contributed by atoms with van der Waals surface area (Å²) < 4.78 is 10.3. The van der Waals surface area contributed by atoms with Gasteiger partial charge in [0.2, 0.25) is 0 Å². The molecule has 0 aliphatic carbocycles. The topological polar surface area (TPSA) is 143 Å². The molecule has 1 aromatic carbocycles. The highest BCUT2D eigenvalue weighted by Crippen LogP contribution is 2.24. The van der Waals surface area contributed by atoms with E-state index >= 15 is 0 Å². The molecule has 1 saturated heterocycles. The predicted molar refractivity (Wildman–Crippen MR) is 85.0 cm³/mol. The highest BCUT2D eigenvalue weighted by atomic mass is 16.7. The fourth-order valence-electron chi connectivity index (χ4n) is 2.68. The van der Waals surface area contributed by atoms with Crippen LogP contribution >= 0.6 is 0 Å². The molecule has 9 nitrogen and oxygen atoms in total. The van der Waals surface area contributed by atoms with Gasteiger partial charge in [-0.05, 0) is 18.4 Å². The summed E-state index contributed by atoms with van der Waals surface area (Å²) in [4.78, 5) is 10.6. The number of nitro groups is 1. The zero-order chi connectivity index (χ0) is 18.4. The maximum atomic E-state index is 11.2. The Morgan fingerprint density at radius 3 is 2.44 bits per heavy atom. The van der Waals surface area contributed by atoms with Crippen molar-refractivity contribution in [2.75, 3.05) is 6.61 Å². The van der Waals surface area contributed by atoms with Crippen LogP contribution in [0.2, 0.25) is 0 Å². The second-order valence-electron chi connectivity index (χ2n) is 5.95. The Labute approximate surface area is 144 Å². The van der Waals surface area contributed by atoms with Crippen LogP contribution in [-0.4, -0.2) is 68.9 Å². The van der Waals surface area contributed by atoms with Crippen molar-refractivity contribution in [2.24, 2.45) is 0 Å². The lowest BCUT2D eigenvalue weighted by Gasteiger charge is -2.39. The van der Waals surface area contributed by atoms with Crippen LogP contribution in [0, 0.1) is 10.1 Å². The largest absolute Gasteiger partial charge is 0.394 e. The van der Waals surface area contributed by atoms with Crippen LogP contribution in [0.5, 0.6) is 0 Å². The van der Waals surface area contributed by atoms with E-state index in [9.17, 15) is 25.4 Å². The van der Waals surface area contributed by atoms with Gasteiger partial charge >= 0.3 is 6.23 Å². The highest BCUT2D eigenvalue weighted by Gasteiger charge is 2.46. The van der Waals surface area contributed by atoms with E-state index < -0.39 is 48.5 Å². The normalized spacial score (nSPS) is 30.8. The monoisotopic (exact) mass is 357 g/mol. The Morgan fingerprint density at radius 2 is 1.84 bits per heavy atom. The number of aryl methyl sites for hydroxylation is 1. The third kappa shape index (κ3) is 5.18. The Balaban J connectivity index is 1.92. The van der Waals surface area contributed by atoms with Gasteiger partial charge in [-0.15, -0.1) is 0 Å². The summed E-state index contributed by atoms with van der Waals surface area (Å²) in [5, 5.41) is 49.6. The van der Waals surface area contributed by atoms with E-state index in [0.717, 1.165) is 5.56 Å². The second-order valence-corrected chi connectivity index (χ2v) is 5.95. The SMILES string of the molecule is O=[N+]([O-])C(CCCc1ccccc1)O[C@H]1O[C@@H](CO)[C@H](O)[C@@H](O)[C@@H]1O. The molecule has 0 radical (unpaired) electrons. The van der Waals surface area contributed by atoms with Gasteiger partial charge in [-0.25, -0.2) is 0 Å². The lowest BCUT2D eigenvalue weighted by Crippen LogP contribution is -2.60. The highest BCUT2D eigenvalue weighted by molar-refractivity contribution is 5.14. The first-order valence-electron chi connectivity index (χ1n) is 8.07. The molecule has 0 saturated carbocycles. The summed E-state index contributed by atoms with van der Waals surface area (Å²) in [6.07, 6.45) is -7.75. The molecule has 25 heavy (non-hydrogen) atoms. The van der Waals surface area contributed by atoms with Gasteiger partial charge < -0.3 is 25.2 Å². The van der Waals surface area contributed by atoms with Crippen LogP contribution in [0.4, 0.5) is 0 Å². The minimum absolute atomic E-state index is 0.0803. The van der Waals surface area contributed by atoms with Crippen molar-refractivity contribution in [2.45, 2.75) is 56.2 Å². The molecule has 6 atom stereocenters. The van der Waals surface area contributed by atoms with E-state index in [1.54, 1.807) is 0 Å². The lowest BCUT2D eigenvalue weighted by molar-refractivity contribution is -0.591. The molecule has 4 N–H and O–H groups in total. The number of rotatable bonds is 8. The van der Waals surface area contributed by atoms with Gasteiger partial charge in [0.15, 0.2) is 6.29 Å². The van der Waals surface area contributed by atoms with Crippen molar-refractivity contribution in [1.82, 2.24) is 0 Å². The van der Waals surface area contributed by atoms with Gasteiger partial charge in [0, 0.05) is 6.42 Å². The summed E-state index contributed by atoms with van der Waals surface area (Å²) in [6, 6.07) is 9.47. The standard InChI is InChI=1S/C16H23NO8/c18-9-11-13(19)14(20)15(21)16(24-11)25-12(17(22)23)8-4-7-10-5-2-1-3-6-10/h1-3,5-6,11-16,18-21H,4,7-9H2/t11-,12?,13-,14+,15-,16+/m0/s1. The van der Waals surface area contributed by atoms with E-state index in [-0.39, 0.29) is 6.42 Å². The average molecular weight is 357 g/mol. The molecule has 0 spiro atoms. The summed E-state index contributed by atoms with van der Waals surface area (Å²) in [5.74, 6) is 0. The Bertz CT molecular complexity index is 540.